The van der Waals surface area contributed by atoms with Crippen molar-refractivity contribution in [3.05, 3.63) is 57.6 Å². The third-order valence-corrected chi connectivity index (χ3v) is 4.78. The summed E-state index contributed by atoms with van der Waals surface area (Å²) in [5.41, 5.74) is 9.68. The molecule has 1 heterocycles. The third-order valence-electron chi connectivity index (χ3n) is 3.92. The van der Waals surface area contributed by atoms with E-state index in [1.807, 2.05) is 18.2 Å². The van der Waals surface area contributed by atoms with Crippen molar-refractivity contribution >= 4 is 15.9 Å². The first-order valence-corrected chi connectivity index (χ1v) is 7.74. The molecule has 2 N–H and O–H groups in total. The largest absolute Gasteiger partial charge is 0.497 e. The summed E-state index contributed by atoms with van der Waals surface area (Å²) < 4.78 is 12.5. The molecule has 0 saturated carbocycles. The van der Waals surface area contributed by atoms with Crippen molar-refractivity contribution in [3.8, 4) is 11.5 Å². The maximum absolute atomic E-state index is 6.32. The Balaban J connectivity index is 1.92. The summed E-state index contributed by atoms with van der Waals surface area (Å²) in [6.07, 6.45) is 0.744. The number of nitrogens with two attached hydrogens (primary N) is 1. The molecule has 4 heteroatoms. The van der Waals surface area contributed by atoms with Gasteiger partial charge in [0.05, 0.1) is 7.11 Å². The van der Waals surface area contributed by atoms with Gasteiger partial charge in [-0.05, 0) is 42.3 Å². The van der Waals surface area contributed by atoms with Crippen LogP contribution in [-0.4, -0.2) is 7.11 Å². The smallest absolute Gasteiger partial charge is 0.126 e. The molecular weight excluding hydrogens is 330 g/mol. The van der Waals surface area contributed by atoms with Crippen molar-refractivity contribution in [1.82, 2.24) is 0 Å². The Labute approximate surface area is 133 Å². The molecule has 0 aromatic heterocycles. The summed E-state index contributed by atoms with van der Waals surface area (Å²) in [4.78, 5) is 0. The van der Waals surface area contributed by atoms with Crippen LogP contribution < -0.4 is 15.2 Å². The van der Waals surface area contributed by atoms with Gasteiger partial charge in [-0.25, -0.2) is 0 Å². The molecule has 1 aliphatic rings. The van der Waals surface area contributed by atoms with Gasteiger partial charge in [0.25, 0.3) is 0 Å². The van der Waals surface area contributed by atoms with Gasteiger partial charge in [0.1, 0.15) is 17.6 Å². The quantitative estimate of drug-likeness (QED) is 0.881. The van der Waals surface area contributed by atoms with E-state index in [1.54, 1.807) is 7.11 Å². The lowest BCUT2D eigenvalue weighted by Gasteiger charge is -2.31. The number of halogens is 1. The van der Waals surface area contributed by atoms with Gasteiger partial charge in [0, 0.05) is 22.5 Å². The maximum atomic E-state index is 6.32. The predicted octanol–water partition coefficient (Wildman–Crippen LogP) is 4.29. The van der Waals surface area contributed by atoms with Gasteiger partial charge < -0.3 is 15.2 Å². The monoisotopic (exact) mass is 347 g/mol. The van der Waals surface area contributed by atoms with E-state index in [2.05, 4.69) is 41.1 Å². The van der Waals surface area contributed by atoms with Gasteiger partial charge in [0.15, 0.2) is 0 Å². The number of fused-ring (bicyclic) bond motifs is 1. The highest BCUT2D eigenvalue weighted by Gasteiger charge is 2.27. The van der Waals surface area contributed by atoms with Gasteiger partial charge in [-0.1, -0.05) is 28.1 Å². The fourth-order valence-corrected chi connectivity index (χ4v) is 3.02. The Bertz CT molecular complexity index is 672. The Morgan fingerprint density at radius 2 is 2.05 bits per heavy atom. The lowest BCUT2D eigenvalue weighted by atomic mass is 9.93. The molecule has 0 fully saturated rings. The lowest BCUT2D eigenvalue weighted by molar-refractivity contribution is 0.161. The first kappa shape index (κ1) is 14.4. The van der Waals surface area contributed by atoms with Crippen LogP contribution in [0.25, 0.3) is 0 Å². The normalized spacial score (nSPS) is 20.6. The number of benzene rings is 2. The number of hydrogen-bond acceptors (Lipinski definition) is 3. The van der Waals surface area contributed by atoms with Gasteiger partial charge in [-0.2, -0.15) is 0 Å². The van der Waals surface area contributed by atoms with Crippen LogP contribution in [0.5, 0.6) is 11.5 Å². The maximum Gasteiger partial charge on any atom is 0.126 e. The van der Waals surface area contributed by atoms with Crippen LogP contribution in [0.4, 0.5) is 0 Å². The second-order valence-electron chi connectivity index (χ2n) is 5.36. The van der Waals surface area contributed by atoms with E-state index in [0.29, 0.717) is 0 Å². The van der Waals surface area contributed by atoms with E-state index in [9.17, 15) is 0 Å². The van der Waals surface area contributed by atoms with Gasteiger partial charge in [0.2, 0.25) is 0 Å². The van der Waals surface area contributed by atoms with Crippen molar-refractivity contribution in [1.29, 1.82) is 0 Å². The second-order valence-corrected chi connectivity index (χ2v) is 6.22. The number of methoxy groups -OCH3 is 1. The highest BCUT2D eigenvalue weighted by molar-refractivity contribution is 9.10. The average Bonchev–Trinajstić information content (AvgIpc) is 2.49. The molecule has 0 aliphatic carbocycles. The molecule has 0 spiro atoms. The Hall–Kier alpha value is -1.52. The van der Waals surface area contributed by atoms with E-state index in [4.69, 9.17) is 15.2 Å². The van der Waals surface area contributed by atoms with Crippen LogP contribution in [0.2, 0.25) is 0 Å². The molecule has 1 unspecified atom stereocenters. The van der Waals surface area contributed by atoms with E-state index in [1.165, 1.54) is 5.56 Å². The molecule has 2 atom stereocenters. The highest BCUT2D eigenvalue weighted by atomic mass is 79.9. The third kappa shape index (κ3) is 2.78. The summed E-state index contributed by atoms with van der Waals surface area (Å²) >= 11 is 3.58. The second kappa shape index (κ2) is 5.70. The van der Waals surface area contributed by atoms with Crippen molar-refractivity contribution in [2.45, 2.75) is 25.5 Å². The van der Waals surface area contributed by atoms with Crippen molar-refractivity contribution in [3.63, 3.8) is 0 Å². The summed E-state index contributed by atoms with van der Waals surface area (Å²) in [6.45, 7) is 2.07. The number of rotatable bonds is 2. The number of ether oxygens (including phenoxy) is 2. The first-order chi connectivity index (χ1) is 10.1. The molecule has 0 radical (unpaired) electrons. The number of aryl methyl sites for hydroxylation is 1. The van der Waals surface area contributed by atoms with Gasteiger partial charge >= 0.3 is 0 Å². The summed E-state index contributed by atoms with van der Waals surface area (Å²) in [6, 6.07) is 12.1. The molecule has 110 valence electrons. The molecular formula is C17H18BrNO2. The topological polar surface area (TPSA) is 44.5 Å². The molecule has 2 aromatic carbocycles. The standard InChI is InChI=1S/C17H18BrNO2/c1-10-3-4-11(7-14(10)18)17-9-15(19)13-8-12(20-2)5-6-16(13)21-17/h3-8,15,17H,9,19H2,1-2H3/t15-,17?/m1/s1. The predicted molar refractivity (Wildman–Crippen MR) is 86.8 cm³/mol. The molecule has 2 aromatic rings. The average molecular weight is 348 g/mol. The zero-order valence-corrected chi connectivity index (χ0v) is 13.7. The fraction of sp³-hybridized carbons (Fsp3) is 0.294. The van der Waals surface area contributed by atoms with Crippen molar-refractivity contribution in [2.75, 3.05) is 7.11 Å². The zero-order chi connectivity index (χ0) is 15.0. The molecule has 0 amide bonds. The molecule has 0 saturated heterocycles. The summed E-state index contributed by atoms with van der Waals surface area (Å²) in [5, 5.41) is 0. The molecule has 3 nitrogen and oxygen atoms in total. The van der Waals surface area contributed by atoms with Gasteiger partial charge in [-0.3, -0.25) is 0 Å². The van der Waals surface area contributed by atoms with Crippen LogP contribution in [0, 0.1) is 6.92 Å². The Kier molecular flexibility index (Phi) is 3.91. The van der Waals surface area contributed by atoms with Crippen LogP contribution in [0.1, 0.15) is 35.3 Å². The summed E-state index contributed by atoms with van der Waals surface area (Å²) in [5.74, 6) is 1.65. The van der Waals surface area contributed by atoms with Crippen LogP contribution in [-0.2, 0) is 0 Å². The van der Waals surface area contributed by atoms with Gasteiger partial charge in [-0.15, -0.1) is 0 Å². The minimum absolute atomic E-state index is 0.0159. The SMILES string of the molecule is COc1ccc2c(c1)[C@H](N)CC(c1ccc(C)c(Br)c1)O2. The van der Waals surface area contributed by atoms with E-state index in [-0.39, 0.29) is 12.1 Å². The van der Waals surface area contributed by atoms with Crippen LogP contribution in [0.15, 0.2) is 40.9 Å². The Morgan fingerprint density at radius 3 is 2.76 bits per heavy atom. The first-order valence-electron chi connectivity index (χ1n) is 6.94. The minimum Gasteiger partial charge on any atom is -0.497 e. The molecule has 21 heavy (non-hydrogen) atoms. The lowest BCUT2D eigenvalue weighted by Crippen LogP contribution is -2.24. The molecule has 0 bridgehead atoms. The molecule has 3 rings (SSSR count). The van der Waals surface area contributed by atoms with Crippen LogP contribution >= 0.6 is 15.9 Å². The van der Waals surface area contributed by atoms with Crippen molar-refractivity contribution in [2.24, 2.45) is 5.73 Å². The van der Waals surface area contributed by atoms with E-state index < -0.39 is 0 Å². The zero-order valence-electron chi connectivity index (χ0n) is 12.1. The number of hydrogen-bond donors (Lipinski definition) is 1. The summed E-state index contributed by atoms with van der Waals surface area (Å²) in [7, 11) is 1.66. The van der Waals surface area contributed by atoms with Crippen LogP contribution in [0.3, 0.4) is 0 Å². The van der Waals surface area contributed by atoms with Crippen molar-refractivity contribution < 1.29 is 9.47 Å². The fourth-order valence-electron chi connectivity index (χ4n) is 2.62. The van der Waals surface area contributed by atoms with E-state index >= 15 is 0 Å². The molecule has 1 aliphatic heterocycles. The van der Waals surface area contributed by atoms with E-state index in [0.717, 1.165) is 33.5 Å². The Morgan fingerprint density at radius 1 is 1.24 bits per heavy atom. The minimum atomic E-state index is -0.0473. The highest BCUT2D eigenvalue weighted by Crippen LogP contribution is 2.41.